The third kappa shape index (κ3) is 4.91. The number of hydrogen-bond acceptors (Lipinski definition) is 4. The summed E-state index contributed by atoms with van der Waals surface area (Å²) in [6, 6.07) is 0.519. The lowest BCUT2D eigenvalue weighted by molar-refractivity contribution is -0.114. The van der Waals surface area contributed by atoms with Gasteiger partial charge in [0, 0.05) is 51.2 Å². The Morgan fingerprint density at radius 2 is 1.82 bits per heavy atom. The van der Waals surface area contributed by atoms with Gasteiger partial charge < -0.3 is 25.0 Å². The van der Waals surface area contributed by atoms with E-state index in [9.17, 15) is 9.90 Å². The lowest BCUT2D eigenvalue weighted by Crippen LogP contribution is -2.57. The Labute approximate surface area is 243 Å². The first-order valence-corrected chi connectivity index (χ1v) is 16.8. The molecule has 6 fully saturated rings. The zero-order valence-corrected chi connectivity index (χ0v) is 26.1. The molecule has 6 nitrogen and oxygen atoms in total. The molecule has 10 atom stereocenters. The van der Waals surface area contributed by atoms with Crippen LogP contribution in [0.1, 0.15) is 98.3 Å². The molecule has 2 aliphatic heterocycles. The zero-order valence-electron chi connectivity index (χ0n) is 26.1. The van der Waals surface area contributed by atoms with E-state index in [2.05, 4.69) is 51.0 Å². The molecule has 0 radical (unpaired) electrons. The highest BCUT2D eigenvalue weighted by Gasteiger charge is 2.67. The molecule has 2 N–H and O–H groups in total. The molecule has 4 unspecified atom stereocenters. The van der Waals surface area contributed by atoms with Gasteiger partial charge in [0.2, 0.25) is 0 Å². The first kappa shape index (κ1) is 28.8. The summed E-state index contributed by atoms with van der Waals surface area (Å²) in [7, 11) is 2.14. The van der Waals surface area contributed by atoms with E-state index >= 15 is 0 Å². The van der Waals surface area contributed by atoms with Crippen molar-refractivity contribution in [1.82, 2.24) is 15.1 Å². The molecule has 0 aromatic rings. The molecule has 4 aliphatic carbocycles. The maximum atomic E-state index is 13.0. The highest BCUT2D eigenvalue weighted by Crippen LogP contribution is 2.71. The molecule has 0 spiro atoms. The van der Waals surface area contributed by atoms with Gasteiger partial charge in [-0.2, -0.15) is 0 Å². The van der Waals surface area contributed by atoms with Crippen molar-refractivity contribution in [3.8, 4) is 0 Å². The van der Waals surface area contributed by atoms with E-state index in [1.165, 1.54) is 50.7 Å². The van der Waals surface area contributed by atoms with Gasteiger partial charge in [-0.05, 0) is 125 Å². The molecule has 2 amide bonds. The molecule has 6 rings (SSSR count). The number of piperazine rings is 1. The molecule has 0 aromatic heterocycles. The Hall–Kier alpha value is -1.27. The van der Waals surface area contributed by atoms with Crippen LogP contribution in [0.5, 0.6) is 0 Å². The number of allylic oxidation sites excluding steroid dienone is 2. The maximum Gasteiger partial charge on any atom is 0.317 e. The molecule has 0 bridgehead atoms. The fraction of sp³-hybridized carbons (Fsp3) is 0.912. The van der Waals surface area contributed by atoms with E-state index in [1.807, 2.05) is 4.90 Å². The van der Waals surface area contributed by atoms with E-state index in [1.54, 1.807) is 0 Å². The summed E-state index contributed by atoms with van der Waals surface area (Å²) in [6.45, 7) is 13.8. The molecule has 6 heteroatoms. The van der Waals surface area contributed by atoms with Crippen LogP contribution in [-0.4, -0.2) is 72.4 Å². The molecule has 0 aromatic carbocycles. The number of rotatable bonds is 5. The number of fused-ring (bicyclic) bond motifs is 7. The number of aliphatic hydroxyl groups excluding tert-OH is 1. The third-order valence-electron chi connectivity index (χ3n) is 13.5. The predicted molar refractivity (Wildman–Crippen MR) is 160 cm³/mol. The number of hydrogen-bond donors (Lipinski definition) is 2. The summed E-state index contributed by atoms with van der Waals surface area (Å²) in [4.78, 5) is 17.4. The van der Waals surface area contributed by atoms with Gasteiger partial charge in [0.25, 0.3) is 0 Å². The van der Waals surface area contributed by atoms with Gasteiger partial charge in [-0.1, -0.05) is 20.8 Å². The summed E-state index contributed by atoms with van der Waals surface area (Å²) in [5.41, 5.74) is 0.805. The van der Waals surface area contributed by atoms with Crippen LogP contribution in [0.2, 0.25) is 0 Å². The van der Waals surface area contributed by atoms with Crippen LogP contribution in [0.15, 0.2) is 11.8 Å². The number of aliphatic hydroxyl groups is 1. The van der Waals surface area contributed by atoms with Gasteiger partial charge in [-0.25, -0.2) is 4.79 Å². The first-order chi connectivity index (χ1) is 19.1. The second-order valence-corrected chi connectivity index (χ2v) is 15.8. The van der Waals surface area contributed by atoms with Crippen molar-refractivity contribution in [3.63, 3.8) is 0 Å². The minimum absolute atomic E-state index is 0.00825. The molecule has 226 valence electrons. The average Bonchev–Trinajstić information content (AvgIpc) is 3.37. The smallest absolute Gasteiger partial charge is 0.317 e. The highest BCUT2D eigenvalue weighted by atomic mass is 16.5. The topological polar surface area (TPSA) is 65.0 Å². The van der Waals surface area contributed by atoms with Gasteiger partial charge in [-0.3, -0.25) is 0 Å². The standard InChI is InChI=1S/C34H57N3O3/c1-23(22-38)7-6-8-26-20-30-33(3)14-12-28-27(29(33)21-34(30,4)40-26)10-9-24-19-25(11-13-32(24,28)2)35-31(39)37-17-15-36(5)16-18-37/h8,23-25,27-30,38H,6-7,9-22H2,1-5H3,(H,35,39)/b26-8-/t23-,24+,25+,27+,28?,29?,30?,32-,33-,34?/m0/s1. The van der Waals surface area contributed by atoms with Gasteiger partial charge in [0.15, 0.2) is 0 Å². The second kappa shape index (κ2) is 10.8. The summed E-state index contributed by atoms with van der Waals surface area (Å²) in [6.07, 6.45) is 15.8. The second-order valence-electron chi connectivity index (χ2n) is 15.8. The Bertz CT molecular complexity index is 977. The Morgan fingerprint density at radius 1 is 1.07 bits per heavy atom. The number of urea groups is 1. The number of nitrogens with zero attached hydrogens (tertiary/aromatic N) is 2. The number of likely N-dealkylation sites (N-methyl/N-ethyl adjacent to an activating group) is 1. The van der Waals surface area contributed by atoms with Crippen LogP contribution >= 0.6 is 0 Å². The Kier molecular flexibility index (Phi) is 7.77. The van der Waals surface area contributed by atoms with Crippen LogP contribution < -0.4 is 5.32 Å². The van der Waals surface area contributed by atoms with Crippen molar-refractivity contribution < 1.29 is 14.6 Å². The van der Waals surface area contributed by atoms with Gasteiger partial charge in [-0.15, -0.1) is 0 Å². The monoisotopic (exact) mass is 555 g/mol. The Balaban J connectivity index is 1.09. The summed E-state index contributed by atoms with van der Waals surface area (Å²) < 4.78 is 6.82. The van der Waals surface area contributed by atoms with E-state index in [0.29, 0.717) is 28.7 Å². The lowest BCUT2D eigenvalue weighted by Gasteiger charge is -2.61. The van der Waals surface area contributed by atoms with E-state index in [-0.39, 0.29) is 18.2 Å². The molecule has 6 aliphatic rings. The number of nitrogens with one attached hydrogen (secondary N) is 1. The molecular weight excluding hydrogens is 498 g/mol. The quantitative estimate of drug-likeness (QED) is 0.433. The van der Waals surface area contributed by atoms with Crippen LogP contribution in [0.3, 0.4) is 0 Å². The van der Waals surface area contributed by atoms with Crippen LogP contribution in [0, 0.1) is 46.3 Å². The average molecular weight is 556 g/mol. The molecule has 2 saturated heterocycles. The Morgan fingerprint density at radius 3 is 2.58 bits per heavy atom. The molecule has 4 saturated carbocycles. The number of carbonyl (C=O) groups is 1. The lowest BCUT2D eigenvalue weighted by atomic mass is 9.44. The van der Waals surface area contributed by atoms with Crippen molar-refractivity contribution in [2.24, 2.45) is 46.3 Å². The predicted octanol–water partition coefficient (Wildman–Crippen LogP) is 6.05. The minimum Gasteiger partial charge on any atom is -0.492 e. The minimum atomic E-state index is -0.00825. The molecule has 2 heterocycles. The highest BCUT2D eigenvalue weighted by molar-refractivity contribution is 5.74. The largest absolute Gasteiger partial charge is 0.492 e. The van der Waals surface area contributed by atoms with Crippen LogP contribution in [-0.2, 0) is 4.74 Å². The van der Waals surface area contributed by atoms with Crippen LogP contribution in [0.4, 0.5) is 4.79 Å². The van der Waals surface area contributed by atoms with E-state index in [4.69, 9.17) is 4.74 Å². The molecular formula is C34H57N3O3. The van der Waals surface area contributed by atoms with Crippen molar-refractivity contribution >= 4 is 6.03 Å². The number of amides is 2. The van der Waals surface area contributed by atoms with Gasteiger partial charge in [0.1, 0.15) is 5.60 Å². The van der Waals surface area contributed by atoms with Gasteiger partial charge in [0.05, 0.1) is 5.76 Å². The SMILES string of the molecule is C[C@H](CO)CC/C=C1/CC2C(C)(CC3[C@@H]4CC[C@@H]5C[C@H](NC(=O)N6CCN(C)CC6)CC[C@]5(C)C4CC[C@@]32C)O1. The fourth-order valence-corrected chi connectivity index (χ4v) is 11.0. The van der Waals surface area contributed by atoms with Crippen molar-refractivity contribution in [2.75, 3.05) is 39.8 Å². The fourth-order valence-electron chi connectivity index (χ4n) is 11.0. The van der Waals surface area contributed by atoms with Crippen molar-refractivity contribution in [1.29, 1.82) is 0 Å². The van der Waals surface area contributed by atoms with Crippen molar-refractivity contribution in [3.05, 3.63) is 11.8 Å². The summed E-state index contributed by atoms with van der Waals surface area (Å²) in [5, 5.41) is 12.8. The molecule has 40 heavy (non-hydrogen) atoms. The zero-order chi connectivity index (χ0) is 28.3. The van der Waals surface area contributed by atoms with E-state index in [0.717, 1.165) is 75.5 Å². The van der Waals surface area contributed by atoms with Gasteiger partial charge >= 0.3 is 6.03 Å². The van der Waals surface area contributed by atoms with E-state index < -0.39 is 0 Å². The summed E-state index contributed by atoms with van der Waals surface area (Å²) in [5.74, 6) is 5.42. The maximum absolute atomic E-state index is 13.0. The van der Waals surface area contributed by atoms with Crippen molar-refractivity contribution in [2.45, 2.75) is 110 Å². The number of carbonyl (C=O) groups excluding carboxylic acids is 1. The normalized spacial score (nSPS) is 46.6. The number of ether oxygens (including phenoxy) is 1. The summed E-state index contributed by atoms with van der Waals surface area (Å²) >= 11 is 0. The van der Waals surface area contributed by atoms with Crippen LogP contribution in [0.25, 0.3) is 0 Å². The third-order valence-corrected chi connectivity index (χ3v) is 13.5. The first-order valence-electron chi connectivity index (χ1n) is 16.8.